The molecule has 0 saturated carbocycles. The fraction of sp³-hybridized carbons (Fsp3) is 0.400. The molecule has 0 nitrogen and oxygen atoms in total. The summed E-state index contributed by atoms with van der Waals surface area (Å²) in [5.74, 6) is 0. The van der Waals surface area contributed by atoms with Gasteiger partial charge in [0, 0.05) is 0 Å². The van der Waals surface area contributed by atoms with Gasteiger partial charge < -0.3 is 0 Å². The molecule has 0 heterocycles. The van der Waals surface area contributed by atoms with Crippen LogP contribution in [0.4, 0.5) is 0 Å². The first-order valence-electron chi connectivity index (χ1n) is 3.95. The van der Waals surface area contributed by atoms with Crippen molar-refractivity contribution in [3.63, 3.8) is 0 Å². The summed E-state index contributed by atoms with van der Waals surface area (Å²) in [6.45, 7) is 2.27. The first-order chi connectivity index (χ1) is 5.34. The molecule has 0 bridgehead atoms. The minimum atomic E-state index is -0.725. The predicted octanol–water partition coefficient (Wildman–Crippen LogP) is 3.40. The van der Waals surface area contributed by atoms with E-state index in [-0.39, 0.29) is 0 Å². The molecule has 0 aromatic heterocycles. The van der Waals surface area contributed by atoms with Gasteiger partial charge in [0.2, 0.25) is 0 Å². The molecule has 0 amide bonds. The molecule has 0 saturated heterocycles. The van der Waals surface area contributed by atoms with Crippen molar-refractivity contribution in [2.45, 2.75) is 13.3 Å². The van der Waals surface area contributed by atoms with Gasteiger partial charge in [-0.1, -0.05) is 0 Å². The van der Waals surface area contributed by atoms with Gasteiger partial charge in [0.05, 0.1) is 0 Å². The fourth-order valence-electron chi connectivity index (χ4n) is 1.02. The summed E-state index contributed by atoms with van der Waals surface area (Å²) in [4.78, 5) is 2.45. The third kappa shape index (κ3) is 2.81. The van der Waals surface area contributed by atoms with Crippen molar-refractivity contribution in [2.75, 3.05) is 9.36 Å². The SMILES string of the molecule is CCCI(C)c1ccccc1. The average Bonchev–Trinajstić information content (AvgIpc) is 2.07. The van der Waals surface area contributed by atoms with E-state index in [0.29, 0.717) is 0 Å². The predicted molar refractivity (Wildman–Crippen MR) is 60.2 cm³/mol. The topological polar surface area (TPSA) is 0 Å². The molecule has 11 heavy (non-hydrogen) atoms. The molecule has 0 aliphatic carbocycles. The van der Waals surface area contributed by atoms with E-state index in [1.54, 1.807) is 3.57 Å². The van der Waals surface area contributed by atoms with Gasteiger partial charge in [0.15, 0.2) is 0 Å². The van der Waals surface area contributed by atoms with Gasteiger partial charge in [0.1, 0.15) is 0 Å². The first-order valence-corrected chi connectivity index (χ1v) is 8.71. The molecule has 0 atom stereocenters. The molecule has 0 aliphatic heterocycles. The van der Waals surface area contributed by atoms with Gasteiger partial charge in [-0.15, -0.1) is 0 Å². The van der Waals surface area contributed by atoms with Gasteiger partial charge in [-0.05, 0) is 0 Å². The Morgan fingerprint density at radius 2 is 1.82 bits per heavy atom. The number of hydrogen-bond acceptors (Lipinski definition) is 0. The summed E-state index contributed by atoms with van der Waals surface area (Å²) in [5.41, 5.74) is 0. The second-order valence-electron chi connectivity index (χ2n) is 2.57. The Morgan fingerprint density at radius 1 is 1.18 bits per heavy atom. The summed E-state index contributed by atoms with van der Waals surface area (Å²) in [6.07, 6.45) is 1.34. The van der Waals surface area contributed by atoms with E-state index in [1.165, 1.54) is 10.8 Å². The Bertz CT molecular complexity index is 193. The van der Waals surface area contributed by atoms with Crippen LogP contribution in [0.3, 0.4) is 0 Å². The van der Waals surface area contributed by atoms with Crippen LogP contribution in [0.1, 0.15) is 13.3 Å². The Kier molecular flexibility index (Phi) is 3.91. The Balaban J connectivity index is 2.61. The second kappa shape index (κ2) is 4.75. The van der Waals surface area contributed by atoms with Crippen LogP contribution in [-0.4, -0.2) is 9.36 Å². The van der Waals surface area contributed by atoms with Crippen LogP contribution in [0.15, 0.2) is 30.3 Å². The number of benzene rings is 1. The zero-order valence-electron chi connectivity index (χ0n) is 7.18. The van der Waals surface area contributed by atoms with E-state index < -0.39 is 19.8 Å². The molecule has 0 unspecified atom stereocenters. The molecule has 0 radical (unpaired) electrons. The van der Waals surface area contributed by atoms with E-state index in [0.717, 1.165) is 0 Å². The minimum absolute atomic E-state index is 0.725. The summed E-state index contributed by atoms with van der Waals surface area (Å²) in [6, 6.07) is 11.0. The maximum atomic E-state index is 2.45. The number of hydrogen-bond donors (Lipinski definition) is 0. The second-order valence-corrected chi connectivity index (χ2v) is 8.27. The summed E-state index contributed by atoms with van der Waals surface area (Å²) < 4.78 is 3.08. The summed E-state index contributed by atoms with van der Waals surface area (Å²) in [5, 5.41) is 0. The number of alkyl halides is 2. The van der Waals surface area contributed by atoms with Crippen LogP contribution < -0.4 is 0 Å². The van der Waals surface area contributed by atoms with Crippen molar-refractivity contribution >= 4 is 19.8 Å². The molecule has 0 N–H and O–H groups in total. The van der Waals surface area contributed by atoms with E-state index in [2.05, 4.69) is 42.2 Å². The number of halogens is 1. The van der Waals surface area contributed by atoms with Gasteiger partial charge in [-0.2, -0.15) is 0 Å². The molecule has 0 fully saturated rings. The van der Waals surface area contributed by atoms with Crippen molar-refractivity contribution < 1.29 is 0 Å². The van der Waals surface area contributed by atoms with Crippen molar-refractivity contribution in [3.05, 3.63) is 33.9 Å². The van der Waals surface area contributed by atoms with Crippen molar-refractivity contribution in [1.29, 1.82) is 0 Å². The normalized spacial score (nSPS) is 11.3. The van der Waals surface area contributed by atoms with Crippen LogP contribution in [0, 0.1) is 3.57 Å². The van der Waals surface area contributed by atoms with Crippen molar-refractivity contribution in [3.8, 4) is 0 Å². The maximum absolute atomic E-state index is 2.45. The van der Waals surface area contributed by atoms with Crippen LogP contribution >= 0.6 is 19.8 Å². The van der Waals surface area contributed by atoms with E-state index in [1.807, 2.05) is 0 Å². The van der Waals surface area contributed by atoms with Crippen molar-refractivity contribution in [2.24, 2.45) is 0 Å². The van der Waals surface area contributed by atoms with Gasteiger partial charge in [-0.3, -0.25) is 0 Å². The third-order valence-corrected chi connectivity index (χ3v) is 7.12. The Hall–Kier alpha value is -0.0500. The summed E-state index contributed by atoms with van der Waals surface area (Å²) in [7, 11) is 0. The zero-order chi connectivity index (χ0) is 8.10. The summed E-state index contributed by atoms with van der Waals surface area (Å²) >= 11 is -0.725. The Morgan fingerprint density at radius 3 is 2.36 bits per heavy atom. The third-order valence-electron chi connectivity index (χ3n) is 1.58. The fourth-order valence-corrected chi connectivity index (χ4v) is 4.91. The molecular formula is C10H15I. The molecule has 1 rings (SSSR count). The van der Waals surface area contributed by atoms with E-state index in [9.17, 15) is 0 Å². The molecule has 0 spiro atoms. The zero-order valence-corrected chi connectivity index (χ0v) is 9.34. The quantitative estimate of drug-likeness (QED) is 0.578. The standard InChI is InChI=1S/C10H15I/c1-3-9-11(2)10-7-5-4-6-8-10/h4-8H,3,9H2,1-2H3. The van der Waals surface area contributed by atoms with Gasteiger partial charge in [-0.25, -0.2) is 0 Å². The molecule has 1 heteroatoms. The molecule has 1 aromatic rings. The average molecular weight is 262 g/mol. The molecule has 1 aromatic carbocycles. The van der Waals surface area contributed by atoms with E-state index >= 15 is 0 Å². The first kappa shape index (κ1) is 9.04. The van der Waals surface area contributed by atoms with E-state index in [4.69, 9.17) is 0 Å². The van der Waals surface area contributed by atoms with Crippen molar-refractivity contribution in [1.82, 2.24) is 0 Å². The Labute approximate surface area is 76.4 Å². The monoisotopic (exact) mass is 262 g/mol. The molecular weight excluding hydrogens is 247 g/mol. The van der Waals surface area contributed by atoms with Crippen LogP contribution in [0.2, 0.25) is 0 Å². The van der Waals surface area contributed by atoms with Crippen LogP contribution in [0.5, 0.6) is 0 Å². The molecule has 62 valence electrons. The van der Waals surface area contributed by atoms with Crippen LogP contribution in [0.25, 0.3) is 0 Å². The van der Waals surface area contributed by atoms with Crippen LogP contribution in [-0.2, 0) is 0 Å². The number of rotatable bonds is 3. The molecule has 0 aliphatic rings. The van der Waals surface area contributed by atoms with Gasteiger partial charge in [0.25, 0.3) is 0 Å². The van der Waals surface area contributed by atoms with Gasteiger partial charge >= 0.3 is 76.4 Å².